The number of piperidine rings is 2. The molecule has 0 spiro atoms. The Morgan fingerprint density at radius 3 is 2.38 bits per heavy atom. The van der Waals surface area contributed by atoms with Crippen LogP contribution in [-0.4, -0.2) is 76.8 Å². The molecule has 0 bridgehead atoms. The van der Waals surface area contributed by atoms with Crippen molar-refractivity contribution in [2.45, 2.75) is 74.6 Å². The topological polar surface area (TPSA) is 82.7 Å². The van der Waals surface area contributed by atoms with Crippen LogP contribution in [0.5, 0.6) is 0 Å². The van der Waals surface area contributed by atoms with Crippen LogP contribution in [0.1, 0.15) is 72.5 Å². The minimum Gasteiger partial charge on any atom is -0.393 e. The maximum absolute atomic E-state index is 12.7. The molecule has 9 heteroatoms. The zero-order valence-electron chi connectivity index (χ0n) is 22.2. The molecule has 2 unspecified atom stereocenters. The maximum atomic E-state index is 12.7. The molecule has 6 rings (SSSR count). The molecule has 6 nitrogen and oxygen atoms in total. The number of carbonyl (C=O) groups excluding carboxylic acids is 1. The Morgan fingerprint density at radius 1 is 1.05 bits per heavy atom. The van der Waals surface area contributed by atoms with Gasteiger partial charge in [0.25, 0.3) is 5.91 Å². The van der Waals surface area contributed by atoms with E-state index in [1.54, 1.807) is 0 Å². The molecule has 2 atom stereocenters. The summed E-state index contributed by atoms with van der Waals surface area (Å²) >= 11 is 0. The predicted molar refractivity (Wildman–Crippen MR) is 142 cm³/mol. The average Bonchev–Trinajstić information content (AvgIpc) is 3.48. The van der Waals surface area contributed by atoms with Crippen LogP contribution in [-0.2, 0) is 5.41 Å². The molecule has 3 N–H and O–H groups in total. The number of rotatable bonds is 6. The molecule has 4 fully saturated rings. The van der Waals surface area contributed by atoms with E-state index in [9.17, 15) is 23.1 Å². The predicted octanol–water partition coefficient (Wildman–Crippen LogP) is 4.47. The van der Waals surface area contributed by atoms with E-state index in [0.717, 1.165) is 62.0 Å². The molecule has 2 aromatic rings. The van der Waals surface area contributed by atoms with Gasteiger partial charge in [-0.25, -0.2) is 0 Å². The van der Waals surface area contributed by atoms with E-state index in [4.69, 9.17) is 5.73 Å². The van der Waals surface area contributed by atoms with Gasteiger partial charge in [-0.1, -0.05) is 24.3 Å². The fourth-order valence-electron chi connectivity index (χ4n) is 7.44. The molecule has 4 aliphatic rings. The molecule has 1 aromatic carbocycles. The van der Waals surface area contributed by atoms with Gasteiger partial charge in [0.1, 0.15) is 0 Å². The van der Waals surface area contributed by atoms with Crippen molar-refractivity contribution in [3.05, 3.63) is 53.3 Å². The minimum atomic E-state index is -4.13. The number of carbonyl (C=O) groups is 1. The Labute approximate surface area is 227 Å². The number of nitrogens with zero attached hydrogens (tertiary/aromatic N) is 3. The average molecular weight is 543 g/mol. The molecular formula is C30H37F3N4O2. The van der Waals surface area contributed by atoms with E-state index < -0.39 is 18.6 Å². The number of aliphatic hydroxyl groups excluding tert-OH is 1. The Kier molecular flexibility index (Phi) is 6.96. The van der Waals surface area contributed by atoms with Crippen LogP contribution < -0.4 is 5.73 Å². The second kappa shape index (κ2) is 10.2. The summed E-state index contributed by atoms with van der Waals surface area (Å²) < 4.78 is 38.2. The number of likely N-dealkylation sites (tertiary alicyclic amines) is 2. The van der Waals surface area contributed by atoms with E-state index >= 15 is 0 Å². The highest BCUT2D eigenvalue weighted by molar-refractivity contribution is 5.95. The number of aromatic nitrogens is 1. The van der Waals surface area contributed by atoms with Crippen LogP contribution in [0.25, 0.3) is 11.1 Å². The van der Waals surface area contributed by atoms with Crippen LogP contribution in [0.4, 0.5) is 13.2 Å². The lowest BCUT2D eigenvalue weighted by Crippen LogP contribution is -2.47. The van der Waals surface area contributed by atoms with Crippen LogP contribution in [0.15, 0.2) is 36.5 Å². The molecule has 0 radical (unpaired) electrons. The summed E-state index contributed by atoms with van der Waals surface area (Å²) in [5, 5.41) is 9.84. The Morgan fingerprint density at radius 2 is 1.74 bits per heavy atom. The third kappa shape index (κ3) is 5.45. The lowest BCUT2D eigenvalue weighted by Gasteiger charge is -2.38. The van der Waals surface area contributed by atoms with Gasteiger partial charge in [-0.3, -0.25) is 19.6 Å². The van der Waals surface area contributed by atoms with Crippen molar-refractivity contribution in [2.75, 3.05) is 32.7 Å². The largest absolute Gasteiger partial charge is 0.401 e. The number of primary amides is 1. The summed E-state index contributed by atoms with van der Waals surface area (Å²) in [5.74, 6) is 0.269. The second-order valence-electron chi connectivity index (χ2n) is 12.2. The monoisotopic (exact) mass is 542 g/mol. The number of pyridine rings is 1. The SMILES string of the molecule is NC(=O)c1cc(-c2ccc(C34CC3CN(C3CCN(CC(F)(F)F)CC3)C4)cc2)cnc1C1CCC(O)CC1. The van der Waals surface area contributed by atoms with Gasteiger partial charge in [-0.05, 0) is 81.1 Å². The molecule has 1 amide bonds. The smallest absolute Gasteiger partial charge is 0.393 e. The fraction of sp³-hybridized carbons (Fsp3) is 0.600. The van der Waals surface area contributed by atoms with E-state index in [2.05, 4.69) is 34.1 Å². The van der Waals surface area contributed by atoms with Gasteiger partial charge in [0.05, 0.1) is 23.9 Å². The van der Waals surface area contributed by atoms with Crippen molar-refractivity contribution in [2.24, 2.45) is 11.7 Å². The number of amides is 1. The molecule has 2 saturated heterocycles. The molecular weight excluding hydrogens is 505 g/mol. The van der Waals surface area contributed by atoms with Crippen molar-refractivity contribution >= 4 is 5.91 Å². The van der Waals surface area contributed by atoms with Gasteiger partial charge in [0.15, 0.2) is 0 Å². The number of benzene rings is 1. The number of hydrogen-bond donors (Lipinski definition) is 2. The first kappa shape index (κ1) is 26.7. The van der Waals surface area contributed by atoms with Crippen molar-refractivity contribution in [1.82, 2.24) is 14.8 Å². The highest BCUT2D eigenvalue weighted by Crippen LogP contribution is 2.59. The molecule has 2 aliphatic carbocycles. The summed E-state index contributed by atoms with van der Waals surface area (Å²) in [5.41, 5.74) is 10.3. The van der Waals surface area contributed by atoms with E-state index in [1.807, 2.05) is 12.3 Å². The zero-order chi connectivity index (χ0) is 27.4. The highest BCUT2D eigenvalue weighted by Gasteiger charge is 2.61. The Hall–Kier alpha value is -2.49. The number of fused-ring (bicyclic) bond motifs is 1. The van der Waals surface area contributed by atoms with Gasteiger partial charge < -0.3 is 10.8 Å². The molecule has 1 aromatic heterocycles. The molecule has 3 heterocycles. The number of halogens is 3. The Bertz CT molecular complexity index is 1200. The summed E-state index contributed by atoms with van der Waals surface area (Å²) in [6.45, 7) is 2.21. The van der Waals surface area contributed by atoms with Gasteiger partial charge in [0.2, 0.25) is 0 Å². The molecule has 39 heavy (non-hydrogen) atoms. The highest BCUT2D eigenvalue weighted by atomic mass is 19.4. The van der Waals surface area contributed by atoms with E-state index in [-0.39, 0.29) is 17.4 Å². The van der Waals surface area contributed by atoms with Gasteiger partial charge in [-0.2, -0.15) is 13.2 Å². The summed E-state index contributed by atoms with van der Waals surface area (Å²) in [6.07, 6.45) is 3.20. The van der Waals surface area contributed by atoms with Crippen LogP contribution >= 0.6 is 0 Å². The summed E-state index contributed by atoms with van der Waals surface area (Å²) in [6, 6.07) is 10.8. The minimum absolute atomic E-state index is 0.139. The van der Waals surface area contributed by atoms with Gasteiger partial charge in [0, 0.05) is 42.2 Å². The number of nitrogens with two attached hydrogens (primary N) is 1. The standard InChI is InChI=1S/C30H37F3N4O2/c31-30(32,33)18-36-11-9-24(10-12-36)37-16-23-14-29(23,17-37)22-5-1-19(2-6-22)21-13-26(28(34)39)27(35-15-21)20-3-7-25(38)8-4-20/h1-2,5-6,13,15,20,23-25,38H,3-4,7-12,14,16-18H2,(H2,34,39). The van der Waals surface area contributed by atoms with Crippen LogP contribution in [0.3, 0.4) is 0 Å². The van der Waals surface area contributed by atoms with Crippen molar-refractivity contribution in [3.63, 3.8) is 0 Å². The number of alkyl halides is 3. The first-order valence-corrected chi connectivity index (χ1v) is 14.2. The van der Waals surface area contributed by atoms with Gasteiger partial charge >= 0.3 is 6.18 Å². The lowest BCUT2D eigenvalue weighted by molar-refractivity contribution is -0.149. The van der Waals surface area contributed by atoms with Crippen molar-refractivity contribution < 1.29 is 23.1 Å². The van der Waals surface area contributed by atoms with Gasteiger partial charge in [-0.15, -0.1) is 0 Å². The summed E-state index contributed by atoms with van der Waals surface area (Å²) in [4.78, 5) is 21.0. The van der Waals surface area contributed by atoms with E-state index in [1.165, 1.54) is 10.5 Å². The lowest BCUT2D eigenvalue weighted by atomic mass is 9.83. The van der Waals surface area contributed by atoms with E-state index in [0.29, 0.717) is 43.5 Å². The first-order chi connectivity index (χ1) is 18.6. The molecule has 2 aliphatic heterocycles. The number of aliphatic hydroxyl groups is 1. The number of hydrogen-bond acceptors (Lipinski definition) is 5. The summed E-state index contributed by atoms with van der Waals surface area (Å²) in [7, 11) is 0. The van der Waals surface area contributed by atoms with Crippen LogP contribution in [0, 0.1) is 5.92 Å². The fourth-order valence-corrected chi connectivity index (χ4v) is 7.44. The van der Waals surface area contributed by atoms with Crippen molar-refractivity contribution in [3.8, 4) is 11.1 Å². The molecule has 210 valence electrons. The maximum Gasteiger partial charge on any atom is 0.401 e. The first-order valence-electron chi connectivity index (χ1n) is 14.2. The van der Waals surface area contributed by atoms with Crippen molar-refractivity contribution in [1.29, 1.82) is 0 Å². The quantitative estimate of drug-likeness (QED) is 0.563. The van der Waals surface area contributed by atoms with Crippen LogP contribution in [0.2, 0.25) is 0 Å². The normalized spacial score (nSPS) is 30.3. The zero-order valence-corrected chi connectivity index (χ0v) is 22.2. The second-order valence-corrected chi connectivity index (χ2v) is 12.2. The molecule has 2 saturated carbocycles. The third-order valence-corrected chi connectivity index (χ3v) is 9.71. The Balaban J connectivity index is 1.12. The third-order valence-electron chi connectivity index (χ3n) is 9.71.